The summed E-state index contributed by atoms with van der Waals surface area (Å²) in [5, 5.41) is 17.1. The van der Waals surface area contributed by atoms with E-state index in [9.17, 15) is 14.4 Å². The number of aliphatic hydroxyl groups excluding tert-OH is 1. The van der Waals surface area contributed by atoms with Crippen LogP contribution in [0.3, 0.4) is 0 Å². The number of esters is 2. The summed E-state index contributed by atoms with van der Waals surface area (Å²) in [7, 11) is 0. The molecule has 1 aromatic rings. The summed E-state index contributed by atoms with van der Waals surface area (Å²) in [5.74, 6) is -1.20. The highest BCUT2D eigenvalue weighted by atomic mass is 16.5. The van der Waals surface area contributed by atoms with Gasteiger partial charge in [0.15, 0.2) is 0 Å². The maximum absolute atomic E-state index is 12.5. The summed E-state index contributed by atoms with van der Waals surface area (Å²) in [4.78, 5) is 36.7. The number of carbonyl (C=O) groups excluding carboxylic acids is 3. The molecule has 0 fully saturated rings. The van der Waals surface area contributed by atoms with Crippen LogP contribution in [-0.2, 0) is 14.3 Å². The van der Waals surface area contributed by atoms with Gasteiger partial charge in [0.05, 0.1) is 36.1 Å². The quantitative estimate of drug-likeness (QED) is 0.465. The molecule has 0 unspecified atom stereocenters. The first kappa shape index (κ1) is 21.2. The average Bonchev–Trinajstić information content (AvgIpc) is 2.70. The third-order valence-corrected chi connectivity index (χ3v) is 4.07. The summed E-state index contributed by atoms with van der Waals surface area (Å²) in [6.07, 6.45) is 0.479. The van der Waals surface area contributed by atoms with Crippen LogP contribution in [0.1, 0.15) is 30.6 Å². The van der Waals surface area contributed by atoms with Gasteiger partial charge in [0.2, 0.25) is 0 Å². The number of carbonyl (C=O) groups is 3. The molecule has 0 saturated carbocycles. The van der Waals surface area contributed by atoms with Crippen LogP contribution >= 0.6 is 0 Å². The molecule has 4 N–H and O–H groups in total. The zero-order chi connectivity index (χ0) is 20.5. The molecule has 2 amide bonds. The van der Waals surface area contributed by atoms with E-state index >= 15 is 0 Å². The van der Waals surface area contributed by atoms with Gasteiger partial charge >= 0.3 is 18.0 Å². The summed E-state index contributed by atoms with van der Waals surface area (Å²) in [6.45, 7) is 3.60. The number of benzene rings is 1. The van der Waals surface area contributed by atoms with Crippen LogP contribution in [-0.4, -0.2) is 55.5 Å². The predicted molar refractivity (Wildman–Crippen MR) is 102 cm³/mol. The second-order valence-corrected chi connectivity index (χ2v) is 5.94. The van der Waals surface area contributed by atoms with Gasteiger partial charge in [-0.3, -0.25) is 0 Å². The number of amides is 2. The fourth-order valence-electron chi connectivity index (χ4n) is 2.80. The first-order valence-electron chi connectivity index (χ1n) is 9.10. The van der Waals surface area contributed by atoms with Gasteiger partial charge in [-0.25, -0.2) is 14.4 Å². The summed E-state index contributed by atoms with van der Waals surface area (Å²) >= 11 is 0. The minimum atomic E-state index is -0.627. The van der Waals surface area contributed by atoms with Crippen LogP contribution in [0.15, 0.2) is 35.5 Å². The molecule has 0 saturated heterocycles. The van der Waals surface area contributed by atoms with Crippen LogP contribution in [0.2, 0.25) is 0 Å². The van der Waals surface area contributed by atoms with Crippen LogP contribution < -0.4 is 16.0 Å². The highest BCUT2D eigenvalue weighted by Crippen LogP contribution is 2.19. The molecule has 0 aromatic heterocycles. The Kier molecular flexibility index (Phi) is 7.82. The zero-order valence-corrected chi connectivity index (χ0v) is 15.9. The maximum atomic E-state index is 12.5. The Morgan fingerprint density at radius 2 is 1.93 bits per heavy atom. The topological polar surface area (TPSA) is 126 Å². The van der Waals surface area contributed by atoms with E-state index in [2.05, 4.69) is 16.0 Å². The van der Waals surface area contributed by atoms with Gasteiger partial charge in [0, 0.05) is 12.2 Å². The number of ether oxygens (including phenoxy) is 2. The summed E-state index contributed by atoms with van der Waals surface area (Å²) < 4.78 is 10.4. The van der Waals surface area contributed by atoms with Crippen LogP contribution in [0.5, 0.6) is 0 Å². The van der Waals surface area contributed by atoms with Gasteiger partial charge < -0.3 is 30.5 Å². The Morgan fingerprint density at radius 1 is 1.18 bits per heavy atom. The van der Waals surface area contributed by atoms with Crippen molar-refractivity contribution in [2.45, 2.75) is 26.3 Å². The number of hydrogen-bond acceptors (Lipinski definition) is 7. The number of nitrogens with one attached hydrogen (secondary N) is 3. The maximum Gasteiger partial charge on any atom is 0.340 e. The molecular weight excluding hydrogens is 366 g/mol. The molecule has 2 rings (SSSR count). The molecule has 9 nitrogen and oxygen atoms in total. The SMILES string of the molecule is CCOC(=O)C1=C(COC(=O)c2ccccc2NCCO)NC(=O)N[C@@H]1CC. The van der Waals surface area contributed by atoms with Crippen LogP contribution in [0, 0.1) is 0 Å². The van der Waals surface area contributed by atoms with Crippen LogP contribution in [0.25, 0.3) is 0 Å². The zero-order valence-electron chi connectivity index (χ0n) is 15.9. The lowest BCUT2D eigenvalue weighted by atomic mass is 10.0. The molecule has 1 heterocycles. The molecule has 0 radical (unpaired) electrons. The second kappa shape index (κ2) is 10.3. The first-order chi connectivity index (χ1) is 13.5. The van der Waals surface area contributed by atoms with E-state index in [-0.39, 0.29) is 43.2 Å². The molecule has 0 spiro atoms. The minimum absolute atomic E-state index is 0.0867. The van der Waals surface area contributed by atoms with Crippen molar-refractivity contribution in [3.05, 3.63) is 41.1 Å². The van der Waals surface area contributed by atoms with Crippen LogP contribution in [0.4, 0.5) is 10.5 Å². The second-order valence-electron chi connectivity index (χ2n) is 5.94. The number of anilines is 1. The molecule has 9 heteroatoms. The third-order valence-electron chi connectivity index (χ3n) is 4.07. The van der Waals surface area contributed by atoms with Gasteiger partial charge in [-0.1, -0.05) is 19.1 Å². The standard InChI is InChI=1S/C19H25N3O6/c1-3-13-16(18(25)27-4-2)15(22-19(26)21-13)11-28-17(24)12-7-5-6-8-14(12)20-9-10-23/h5-8,13,20,23H,3-4,9-11H2,1-2H3,(H2,21,22,26)/t13-/m1/s1. The van der Waals surface area contributed by atoms with E-state index in [0.717, 1.165) is 0 Å². The summed E-state index contributed by atoms with van der Waals surface area (Å²) in [6, 6.07) is 5.70. The van der Waals surface area contributed by atoms with Gasteiger partial charge in [-0.05, 0) is 25.5 Å². The van der Waals surface area contributed by atoms with Gasteiger partial charge in [-0.2, -0.15) is 0 Å². The molecule has 1 aliphatic rings. The molecule has 1 aromatic carbocycles. The van der Waals surface area contributed by atoms with Crippen molar-refractivity contribution in [2.24, 2.45) is 0 Å². The van der Waals surface area contributed by atoms with Crippen molar-refractivity contribution in [3.63, 3.8) is 0 Å². The smallest absolute Gasteiger partial charge is 0.340 e. The molecule has 28 heavy (non-hydrogen) atoms. The van der Waals surface area contributed by atoms with E-state index in [1.54, 1.807) is 31.2 Å². The summed E-state index contributed by atoms with van der Waals surface area (Å²) in [5.41, 5.74) is 1.23. The lowest BCUT2D eigenvalue weighted by Crippen LogP contribution is -2.51. The molecule has 1 atom stereocenters. The number of aliphatic hydroxyl groups is 1. The molecule has 0 bridgehead atoms. The monoisotopic (exact) mass is 391 g/mol. The van der Waals surface area contributed by atoms with E-state index in [1.807, 2.05) is 6.92 Å². The Morgan fingerprint density at radius 3 is 2.61 bits per heavy atom. The van der Waals surface area contributed by atoms with Crippen molar-refractivity contribution >= 4 is 23.7 Å². The predicted octanol–water partition coefficient (Wildman–Crippen LogP) is 1.16. The molecular formula is C19H25N3O6. The van der Waals surface area contributed by atoms with Crippen molar-refractivity contribution in [1.29, 1.82) is 0 Å². The molecule has 1 aliphatic heterocycles. The van der Waals surface area contributed by atoms with Crippen molar-refractivity contribution < 1.29 is 29.0 Å². The van der Waals surface area contributed by atoms with Crippen molar-refractivity contribution in [1.82, 2.24) is 10.6 Å². The number of hydrogen-bond donors (Lipinski definition) is 4. The minimum Gasteiger partial charge on any atom is -0.463 e. The van der Waals surface area contributed by atoms with Gasteiger partial charge in [-0.15, -0.1) is 0 Å². The largest absolute Gasteiger partial charge is 0.463 e. The molecule has 152 valence electrons. The fraction of sp³-hybridized carbons (Fsp3) is 0.421. The Labute approximate surface area is 163 Å². The average molecular weight is 391 g/mol. The Bertz CT molecular complexity index is 762. The van der Waals surface area contributed by atoms with Crippen molar-refractivity contribution in [3.8, 4) is 0 Å². The molecule has 0 aliphatic carbocycles. The fourth-order valence-corrected chi connectivity index (χ4v) is 2.80. The van der Waals surface area contributed by atoms with Gasteiger partial charge in [0.25, 0.3) is 0 Å². The number of para-hydroxylation sites is 1. The lowest BCUT2D eigenvalue weighted by Gasteiger charge is -2.28. The third kappa shape index (κ3) is 5.23. The number of rotatable bonds is 9. The van der Waals surface area contributed by atoms with E-state index in [0.29, 0.717) is 12.1 Å². The van der Waals surface area contributed by atoms with E-state index in [1.165, 1.54) is 0 Å². The first-order valence-corrected chi connectivity index (χ1v) is 9.10. The number of urea groups is 1. The Balaban J connectivity index is 2.21. The highest BCUT2D eigenvalue weighted by Gasteiger charge is 2.32. The van der Waals surface area contributed by atoms with Crippen molar-refractivity contribution in [2.75, 3.05) is 31.7 Å². The normalized spacial score (nSPS) is 16.1. The van der Waals surface area contributed by atoms with Gasteiger partial charge in [0.1, 0.15) is 6.61 Å². The lowest BCUT2D eigenvalue weighted by molar-refractivity contribution is -0.139. The van der Waals surface area contributed by atoms with E-state index < -0.39 is 24.0 Å². The van der Waals surface area contributed by atoms with E-state index in [4.69, 9.17) is 14.6 Å². The Hall–Kier alpha value is -3.07. The highest BCUT2D eigenvalue weighted by molar-refractivity contribution is 5.97.